The summed E-state index contributed by atoms with van der Waals surface area (Å²) in [5.41, 5.74) is 0.980. The third-order valence-electron chi connectivity index (χ3n) is 3.84. The number of amides is 1. The van der Waals surface area contributed by atoms with E-state index in [2.05, 4.69) is 5.32 Å². The van der Waals surface area contributed by atoms with Gasteiger partial charge in [0.05, 0.1) is 10.7 Å². The highest BCUT2D eigenvalue weighted by Crippen LogP contribution is 2.36. The summed E-state index contributed by atoms with van der Waals surface area (Å²) in [6.07, 6.45) is 3.22. The van der Waals surface area contributed by atoms with Crippen LogP contribution >= 0.6 is 22.9 Å². The van der Waals surface area contributed by atoms with E-state index in [1.807, 2.05) is 24.3 Å². The van der Waals surface area contributed by atoms with Crippen LogP contribution in [0, 0.1) is 0 Å². The van der Waals surface area contributed by atoms with Crippen LogP contribution in [0.1, 0.15) is 15.2 Å². The highest BCUT2D eigenvalue weighted by molar-refractivity contribution is 7.20. The number of nitrogens with one attached hydrogen (secondary N) is 1. The first-order chi connectivity index (χ1) is 12.1. The van der Waals surface area contributed by atoms with Gasteiger partial charge in [0.1, 0.15) is 5.75 Å². The zero-order valence-electron chi connectivity index (χ0n) is 12.9. The predicted octanol–water partition coefficient (Wildman–Crippen LogP) is 4.78. The fourth-order valence-corrected chi connectivity index (χ4v) is 4.02. The minimum absolute atomic E-state index is 0.00929. The molecule has 1 aromatic heterocycles. The lowest BCUT2D eigenvalue weighted by Gasteiger charge is -2.17. The Hall–Kier alpha value is -2.63. The molecule has 1 N–H and O–H groups in total. The summed E-state index contributed by atoms with van der Waals surface area (Å²) in [5, 5.41) is 4.33. The maximum Gasteiger partial charge on any atom is 0.262 e. The fourth-order valence-electron chi connectivity index (χ4n) is 2.62. The van der Waals surface area contributed by atoms with Gasteiger partial charge in [0.2, 0.25) is 0 Å². The van der Waals surface area contributed by atoms with Gasteiger partial charge in [-0.1, -0.05) is 29.8 Å². The number of allylic oxidation sites excluding steroid dienone is 1. The van der Waals surface area contributed by atoms with Gasteiger partial charge < -0.3 is 10.1 Å². The Labute approximate surface area is 152 Å². The van der Waals surface area contributed by atoms with Gasteiger partial charge in [-0.25, -0.2) is 0 Å². The molecule has 1 amide bonds. The first kappa shape index (κ1) is 15.9. The molecule has 3 aromatic rings. The number of benzene rings is 2. The number of hydrogen-bond donors (Lipinski definition) is 1. The van der Waals surface area contributed by atoms with Gasteiger partial charge in [0.15, 0.2) is 12.4 Å². The second-order valence-electron chi connectivity index (χ2n) is 5.52. The lowest BCUT2D eigenvalue weighted by molar-refractivity contribution is -0.118. The highest BCUT2D eigenvalue weighted by atomic mass is 35.5. The molecule has 2 heterocycles. The summed E-state index contributed by atoms with van der Waals surface area (Å²) in [5.74, 6) is 0.161. The number of ether oxygens (including phenoxy) is 1. The molecule has 1 aliphatic rings. The largest absolute Gasteiger partial charge is 0.482 e. The first-order valence-corrected chi connectivity index (χ1v) is 8.77. The standard InChI is InChI=1S/C19H12ClNO3S/c20-19-12-3-1-2-4-16(12)25-17(19)8-6-14(22)11-5-7-15-13(9-11)21-18(23)10-24-15/h1-9H,10H2,(H,21,23)/b8-6+. The maximum atomic E-state index is 12.4. The topological polar surface area (TPSA) is 55.4 Å². The Morgan fingerprint density at radius 3 is 2.92 bits per heavy atom. The third-order valence-corrected chi connectivity index (χ3v) is 5.50. The van der Waals surface area contributed by atoms with Crippen LogP contribution in [-0.4, -0.2) is 18.3 Å². The van der Waals surface area contributed by atoms with Crippen LogP contribution in [0.25, 0.3) is 16.2 Å². The number of fused-ring (bicyclic) bond motifs is 2. The Morgan fingerprint density at radius 1 is 1.24 bits per heavy atom. The Kier molecular flexibility index (Phi) is 4.03. The lowest BCUT2D eigenvalue weighted by Crippen LogP contribution is -2.25. The normalized spacial score (nSPS) is 13.6. The second-order valence-corrected chi connectivity index (χ2v) is 6.98. The monoisotopic (exact) mass is 369 g/mol. The number of carbonyl (C=O) groups excluding carboxylic acids is 2. The van der Waals surface area contributed by atoms with E-state index in [0.717, 1.165) is 15.0 Å². The predicted molar refractivity (Wildman–Crippen MR) is 101 cm³/mol. The average molecular weight is 370 g/mol. The zero-order valence-corrected chi connectivity index (χ0v) is 14.5. The molecule has 25 heavy (non-hydrogen) atoms. The molecule has 0 radical (unpaired) electrons. The number of ketones is 1. The van der Waals surface area contributed by atoms with Crippen molar-refractivity contribution < 1.29 is 14.3 Å². The molecule has 2 aromatic carbocycles. The molecular formula is C19H12ClNO3S. The molecule has 0 unspecified atom stereocenters. The minimum atomic E-state index is -0.232. The van der Waals surface area contributed by atoms with Crippen molar-refractivity contribution in [2.75, 3.05) is 11.9 Å². The molecule has 0 aliphatic carbocycles. The molecular weight excluding hydrogens is 358 g/mol. The number of thiophene rings is 1. The quantitative estimate of drug-likeness (QED) is 0.534. The summed E-state index contributed by atoms with van der Waals surface area (Å²) in [7, 11) is 0. The average Bonchev–Trinajstić information content (AvgIpc) is 2.95. The summed E-state index contributed by atoms with van der Waals surface area (Å²) in [6, 6.07) is 12.8. The first-order valence-electron chi connectivity index (χ1n) is 7.58. The molecule has 4 nitrogen and oxygen atoms in total. The van der Waals surface area contributed by atoms with Crippen molar-refractivity contribution in [2.24, 2.45) is 0 Å². The van der Waals surface area contributed by atoms with Gasteiger partial charge in [-0.05, 0) is 36.4 Å². The third kappa shape index (κ3) is 3.04. The molecule has 0 bridgehead atoms. The molecule has 0 saturated heterocycles. The van der Waals surface area contributed by atoms with Crippen LogP contribution in [0.15, 0.2) is 48.5 Å². The second kappa shape index (κ2) is 6.35. The van der Waals surface area contributed by atoms with Crippen molar-refractivity contribution in [3.63, 3.8) is 0 Å². The summed E-state index contributed by atoms with van der Waals surface area (Å²) >= 11 is 7.92. The van der Waals surface area contributed by atoms with Gasteiger partial charge >= 0.3 is 0 Å². The van der Waals surface area contributed by atoms with Crippen molar-refractivity contribution in [1.29, 1.82) is 0 Å². The van der Waals surface area contributed by atoms with E-state index in [9.17, 15) is 9.59 Å². The van der Waals surface area contributed by atoms with Crippen molar-refractivity contribution >= 4 is 56.5 Å². The van der Waals surface area contributed by atoms with E-state index in [1.54, 1.807) is 24.3 Å². The number of halogens is 1. The maximum absolute atomic E-state index is 12.4. The Bertz CT molecular complexity index is 1040. The Morgan fingerprint density at radius 2 is 2.08 bits per heavy atom. The van der Waals surface area contributed by atoms with Crippen LogP contribution in [0.4, 0.5) is 5.69 Å². The smallest absolute Gasteiger partial charge is 0.262 e. The zero-order chi connectivity index (χ0) is 17.4. The molecule has 0 atom stereocenters. The van der Waals surface area contributed by atoms with E-state index < -0.39 is 0 Å². The van der Waals surface area contributed by atoms with Crippen molar-refractivity contribution in [3.8, 4) is 5.75 Å². The van der Waals surface area contributed by atoms with E-state index in [4.69, 9.17) is 16.3 Å². The van der Waals surface area contributed by atoms with Crippen LogP contribution in [0.5, 0.6) is 5.75 Å². The van der Waals surface area contributed by atoms with Crippen molar-refractivity contribution in [3.05, 3.63) is 64.0 Å². The summed E-state index contributed by atoms with van der Waals surface area (Å²) in [6.45, 7) is -0.00929. The van der Waals surface area contributed by atoms with Crippen LogP contribution < -0.4 is 10.1 Å². The van der Waals surface area contributed by atoms with E-state index in [1.165, 1.54) is 17.4 Å². The molecule has 0 spiro atoms. The fraction of sp³-hybridized carbons (Fsp3) is 0.0526. The number of hydrogen-bond acceptors (Lipinski definition) is 4. The molecule has 1 aliphatic heterocycles. The van der Waals surface area contributed by atoms with Gasteiger partial charge in [-0.3, -0.25) is 9.59 Å². The number of anilines is 1. The molecule has 4 rings (SSSR count). The number of rotatable bonds is 3. The number of carbonyl (C=O) groups is 2. The van der Waals surface area contributed by atoms with Crippen molar-refractivity contribution in [1.82, 2.24) is 0 Å². The van der Waals surface area contributed by atoms with E-state index in [-0.39, 0.29) is 18.3 Å². The Balaban J connectivity index is 1.61. The highest BCUT2D eigenvalue weighted by Gasteiger charge is 2.17. The SMILES string of the molecule is O=C1COc2ccc(C(=O)/C=C/c3sc4ccccc4c3Cl)cc2N1. The minimum Gasteiger partial charge on any atom is -0.482 e. The van der Waals surface area contributed by atoms with Gasteiger partial charge in [-0.15, -0.1) is 11.3 Å². The molecule has 0 fully saturated rings. The van der Waals surface area contributed by atoms with Crippen LogP contribution in [-0.2, 0) is 4.79 Å². The lowest BCUT2D eigenvalue weighted by atomic mass is 10.1. The van der Waals surface area contributed by atoms with Gasteiger partial charge in [-0.2, -0.15) is 0 Å². The molecule has 124 valence electrons. The van der Waals surface area contributed by atoms with Gasteiger partial charge in [0, 0.05) is 20.5 Å². The van der Waals surface area contributed by atoms with Gasteiger partial charge in [0.25, 0.3) is 5.91 Å². The van der Waals surface area contributed by atoms with Crippen molar-refractivity contribution in [2.45, 2.75) is 0 Å². The van der Waals surface area contributed by atoms with E-state index >= 15 is 0 Å². The molecule has 0 saturated carbocycles. The van der Waals surface area contributed by atoms with Crippen LogP contribution in [0.3, 0.4) is 0 Å². The molecule has 6 heteroatoms. The summed E-state index contributed by atoms with van der Waals surface area (Å²) in [4.78, 5) is 24.7. The van der Waals surface area contributed by atoms with Crippen LogP contribution in [0.2, 0.25) is 5.02 Å². The van der Waals surface area contributed by atoms with E-state index in [0.29, 0.717) is 22.0 Å². The summed E-state index contributed by atoms with van der Waals surface area (Å²) < 4.78 is 6.37.